The van der Waals surface area contributed by atoms with Crippen LogP contribution in [0.4, 0.5) is 0 Å². The zero-order valence-corrected chi connectivity index (χ0v) is 27.0. The maximum atomic E-state index is 12.3. The molecule has 0 aliphatic rings. The van der Waals surface area contributed by atoms with Crippen molar-refractivity contribution in [3.63, 3.8) is 0 Å². The summed E-state index contributed by atoms with van der Waals surface area (Å²) in [6.45, 7) is 3.90. The first-order valence-corrected chi connectivity index (χ1v) is 16.1. The first kappa shape index (κ1) is 34.6. The summed E-state index contributed by atoms with van der Waals surface area (Å²) in [7, 11) is 0. The Morgan fingerprint density at radius 3 is 2.61 bits per heavy atom. The second-order valence-corrected chi connectivity index (χ2v) is 12.2. The summed E-state index contributed by atoms with van der Waals surface area (Å²) < 4.78 is 16.8. The number of halogens is 1. The number of furan rings is 1. The highest BCUT2D eigenvalue weighted by atomic mass is 35.5. The van der Waals surface area contributed by atoms with Crippen molar-refractivity contribution in [2.24, 2.45) is 0 Å². The molecule has 0 amide bonds. The van der Waals surface area contributed by atoms with Crippen LogP contribution in [0.25, 0.3) is 11.0 Å². The Balaban J connectivity index is 1.37. The molecule has 0 saturated carbocycles. The van der Waals surface area contributed by atoms with E-state index in [-0.39, 0.29) is 28.3 Å². The van der Waals surface area contributed by atoms with E-state index < -0.39 is 28.5 Å². The monoisotopic (exact) mass is 666 g/mol. The molecule has 4 aromatic rings. The number of aliphatic hydroxyl groups is 1. The van der Waals surface area contributed by atoms with Gasteiger partial charge in [-0.25, -0.2) is 4.79 Å². The lowest BCUT2D eigenvalue weighted by Gasteiger charge is -2.18. The summed E-state index contributed by atoms with van der Waals surface area (Å²) in [4.78, 5) is 36.1. The Morgan fingerprint density at radius 1 is 1.11 bits per heavy atom. The van der Waals surface area contributed by atoms with E-state index in [1.807, 2.05) is 31.2 Å². The Labute approximate surface area is 275 Å². The van der Waals surface area contributed by atoms with E-state index in [1.54, 1.807) is 30.3 Å². The van der Waals surface area contributed by atoms with Gasteiger partial charge in [0.1, 0.15) is 35.2 Å². The molecule has 0 unspecified atom stereocenters. The molecule has 0 aliphatic heterocycles. The van der Waals surface area contributed by atoms with Gasteiger partial charge in [0, 0.05) is 22.6 Å². The number of ether oxygens (including phenoxy) is 1. The van der Waals surface area contributed by atoms with Crippen molar-refractivity contribution < 1.29 is 38.5 Å². The average molecular weight is 667 g/mol. The number of rotatable bonds is 16. The van der Waals surface area contributed by atoms with Crippen LogP contribution in [0.2, 0.25) is 5.02 Å². The van der Waals surface area contributed by atoms with Gasteiger partial charge < -0.3 is 28.9 Å². The fraction of sp³-hybridized carbons (Fsp3) is 0.286. The van der Waals surface area contributed by atoms with Crippen LogP contribution >= 0.6 is 23.4 Å². The number of Topliss-reactive ketones (excluding diaryl/α,β-unsaturated/α-hetero) is 1. The molecule has 0 spiro atoms. The van der Waals surface area contributed by atoms with Crippen molar-refractivity contribution in [3.8, 4) is 11.5 Å². The number of unbranched alkanes of at least 4 members (excludes halogenated alkanes) is 2. The molecule has 11 heteroatoms. The van der Waals surface area contributed by atoms with Crippen molar-refractivity contribution in [2.75, 3.05) is 6.61 Å². The number of hydrogen-bond acceptors (Lipinski definition) is 9. The molecule has 9 nitrogen and oxygen atoms in total. The largest absolute Gasteiger partial charge is 0.507 e. The minimum absolute atomic E-state index is 0.00200. The van der Waals surface area contributed by atoms with Crippen LogP contribution in [0.1, 0.15) is 77.9 Å². The van der Waals surface area contributed by atoms with Gasteiger partial charge in [0.2, 0.25) is 5.76 Å². The number of aromatic hydroxyl groups is 1. The predicted molar refractivity (Wildman–Crippen MR) is 177 cm³/mol. The van der Waals surface area contributed by atoms with Gasteiger partial charge in [-0.3, -0.25) is 9.59 Å². The van der Waals surface area contributed by atoms with Gasteiger partial charge in [0.05, 0.1) is 27.8 Å². The second kappa shape index (κ2) is 16.4. The number of ketones is 1. The molecular weight excluding hydrogens is 632 g/mol. The molecule has 242 valence electrons. The molecule has 2 aromatic carbocycles. The molecule has 3 N–H and O–H groups in total. The first-order chi connectivity index (χ1) is 22.1. The summed E-state index contributed by atoms with van der Waals surface area (Å²) in [5.74, 6) is -1.11. The molecule has 2 heterocycles. The standard InChI is InChI=1S/C35H35ClO9S/c1-3-10-26-28(15-14-24(21(2)37)33(26)39)43-16-9-7-5-4-6-8-11-32(34(40)30-17-22(36)20-44-30)46-23-12-13-25-27(38)19-31(35(41)42)45-29(25)18-23/h4,6,8,11-15,17-20,32,34,39-40H,3,5,7,9-10,16H2,1-2H3,(H,41,42)/b6-4-,11-8+/t32-,34+/m0/s1. The van der Waals surface area contributed by atoms with Gasteiger partial charge >= 0.3 is 5.97 Å². The zero-order valence-electron chi connectivity index (χ0n) is 25.4. The van der Waals surface area contributed by atoms with Crippen molar-refractivity contribution in [1.82, 2.24) is 0 Å². The number of carboxylic acids is 1. The average Bonchev–Trinajstić information content (AvgIpc) is 3.46. The van der Waals surface area contributed by atoms with Crippen LogP contribution in [-0.4, -0.2) is 38.9 Å². The topological polar surface area (TPSA) is 147 Å². The minimum atomic E-state index is -1.34. The van der Waals surface area contributed by atoms with E-state index in [0.29, 0.717) is 39.8 Å². The molecule has 2 aromatic heterocycles. The Morgan fingerprint density at radius 2 is 1.91 bits per heavy atom. The van der Waals surface area contributed by atoms with Crippen LogP contribution in [0.3, 0.4) is 0 Å². The first-order valence-electron chi connectivity index (χ1n) is 14.8. The lowest BCUT2D eigenvalue weighted by atomic mass is 10.0. The SMILES string of the molecule is CCCc1c(OCCCC/C=C\C=C\[C@H](Sc2ccc3c(=O)cc(C(=O)O)oc3c2)[C@H](O)c2cc(Cl)co2)ccc(C(C)=O)c1O. The quantitative estimate of drug-likeness (QED) is 0.0463. The minimum Gasteiger partial charge on any atom is -0.507 e. The molecule has 0 bridgehead atoms. The van der Waals surface area contributed by atoms with Gasteiger partial charge in [-0.05, 0) is 62.9 Å². The highest BCUT2D eigenvalue weighted by molar-refractivity contribution is 8.00. The number of carbonyl (C=O) groups excluding carboxylic acids is 1. The second-order valence-electron chi connectivity index (χ2n) is 10.5. The number of hydrogen-bond donors (Lipinski definition) is 3. The van der Waals surface area contributed by atoms with E-state index >= 15 is 0 Å². The van der Waals surface area contributed by atoms with Crippen LogP contribution in [0.5, 0.6) is 11.5 Å². The van der Waals surface area contributed by atoms with Crippen molar-refractivity contribution in [3.05, 3.63) is 111 Å². The van der Waals surface area contributed by atoms with Crippen LogP contribution < -0.4 is 10.2 Å². The van der Waals surface area contributed by atoms with E-state index in [0.717, 1.165) is 31.7 Å². The normalized spacial score (nSPS) is 13.0. The number of phenolic OH excluding ortho intramolecular Hbond substituents is 1. The van der Waals surface area contributed by atoms with Crippen LogP contribution in [-0.2, 0) is 6.42 Å². The van der Waals surface area contributed by atoms with Crippen molar-refractivity contribution in [1.29, 1.82) is 0 Å². The van der Waals surface area contributed by atoms with Gasteiger partial charge in [-0.1, -0.05) is 49.2 Å². The maximum Gasteiger partial charge on any atom is 0.371 e. The number of allylic oxidation sites excluding steroid dienone is 3. The summed E-state index contributed by atoms with van der Waals surface area (Å²) >= 11 is 7.29. The van der Waals surface area contributed by atoms with E-state index in [4.69, 9.17) is 25.2 Å². The molecule has 0 aliphatic carbocycles. The molecule has 0 fully saturated rings. The molecular formula is C35H35ClO9S. The van der Waals surface area contributed by atoms with Crippen molar-refractivity contribution >= 4 is 46.1 Å². The fourth-order valence-corrected chi connectivity index (χ4v) is 5.97. The van der Waals surface area contributed by atoms with Gasteiger partial charge in [0.15, 0.2) is 11.2 Å². The van der Waals surface area contributed by atoms with Crippen LogP contribution in [0, 0.1) is 0 Å². The maximum absolute atomic E-state index is 12.3. The summed E-state index contributed by atoms with van der Waals surface area (Å²) in [6, 6.07) is 10.6. The number of phenols is 1. The third kappa shape index (κ3) is 8.93. The number of benzene rings is 2. The van der Waals surface area contributed by atoms with Crippen LogP contribution in [0.15, 0.2) is 91.6 Å². The summed E-state index contributed by atoms with van der Waals surface area (Å²) in [5.41, 5.74) is 0.626. The predicted octanol–water partition coefficient (Wildman–Crippen LogP) is 8.15. The smallest absolute Gasteiger partial charge is 0.371 e. The molecule has 0 radical (unpaired) electrons. The van der Waals surface area contributed by atoms with Gasteiger partial charge in [-0.15, -0.1) is 11.8 Å². The molecule has 2 atom stereocenters. The zero-order chi connectivity index (χ0) is 33.2. The summed E-state index contributed by atoms with van der Waals surface area (Å²) in [5, 5.41) is 30.9. The summed E-state index contributed by atoms with van der Waals surface area (Å²) in [6.07, 6.45) is 11.6. The lowest BCUT2D eigenvalue weighted by Crippen LogP contribution is -2.12. The number of thioether (sulfide) groups is 1. The third-order valence-electron chi connectivity index (χ3n) is 7.06. The lowest BCUT2D eigenvalue weighted by molar-refractivity contribution is 0.0662. The fourth-order valence-electron chi connectivity index (χ4n) is 4.75. The van der Waals surface area contributed by atoms with Gasteiger partial charge in [0.25, 0.3) is 0 Å². The third-order valence-corrected chi connectivity index (χ3v) is 8.48. The van der Waals surface area contributed by atoms with E-state index in [2.05, 4.69) is 0 Å². The highest BCUT2D eigenvalue weighted by Gasteiger charge is 2.23. The van der Waals surface area contributed by atoms with Crippen molar-refractivity contribution in [2.45, 2.75) is 62.2 Å². The number of carbonyl (C=O) groups is 2. The number of aliphatic hydroxyl groups excluding tert-OH is 1. The Kier molecular flexibility index (Phi) is 12.3. The molecule has 4 rings (SSSR count). The number of fused-ring (bicyclic) bond motifs is 1. The molecule has 0 saturated heterocycles. The van der Waals surface area contributed by atoms with E-state index in [1.165, 1.54) is 31.0 Å². The van der Waals surface area contributed by atoms with Gasteiger partial charge in [-0.2, -0.15) is 0 Å². The Hall–Kier alpha value is -4.25. The number of carboxylic acid groups (broad SMARTS) is 1. The number of aromatic carboxylic acids is 1. The van der Waals surface area contributed by atoms with E-state index in [9.17, 15) is 29.7 Å². The molecule has 46 heavy (non-hydrogen) atoms. The Bertz CT molecular complexity index is 1800. The highest BCUT2D eigenvalue weighted by Crippen LogP contribution is 2.36.